The van der Waals surface area contributed by atoms with Crippen molar-refractivity contribution in [2.75, 3.05) is 36.6 Å². The molecule has 0 fully saturated rings. The van der Waals surface area contributed by atoms with Gasteiger partial charge in [0.05, 0.1) is 12.3 Å². The Hall–Kier alpha value is -3.71. The Morgan fingerprint density at radius 2 is 1.74 bits per heavy atom. The summed E-state index contributed by atoms with van der Waals surface area (Å²) in [6.45, 7) is 2.73. The van der Waals surface area contributed by atoms with E-state index in [1.54, 1.807) is 47.4 Å². The Labute approximate surface area is 203 Å². The highest BCUT2D eigenvalue weighted by Crippen LogP contribution is 2.34. The molecule has 0 spiro atoms. The number of benzene rings is 3. The lowest BCUT2D eigenvalue weighted by Crippen LogP contribution is -2.39. The van der Waals surface area contributed by atoms with Crippen molar-refractivity contribution in [3.63, 3.8) is 0 Å². The second kappa shape index (κ2) is 10.9. The maximum absolute atomic E-state index is 12.5. The lowest BCUT2D eigenvalue weighted by atomic mass is 10.2. The number of nitrogens with zero attached hydrogens (tertiary/aromatic N) is 1. The number of halogens is 1. The average molecular weight is 481 g/mol. The molecule has 0 aliphatic carbocycles. The first-order valence-corrected chi connectivity index (χ1v) is 11.3. The van der Waals surface area contributed by atoms with Gasteiger partial charge in [-0.25, -0.2) is 0 Å². The van der Waals surface area contributed by atoms with Crippen molar-refractivity contribution in [3.05, 3.63) is 77.3 Å². The number of carbonyl (C=O) groups excluding carboxylic acids is 2. The van der Waals surface area contributed by atoms with Gasteiger partial charge in [-0.15, -0.1) is 0 Å². The fourth-order valence-corrected chi connectivity index (χ4v) is 3.57. The molecule has 0 radical (unpaired) electrons. The largest absolute Gasteiger partial charge is 0.494 e. The van der Waals surface area contributed by atoms with Crippen molar-refractivity contribution in [1.82, 2.24) is 0 Å². The normalized spacial score (nSPS) is 12.5. The lowest BCUT2D eigenvalue weighted by Gasteiger charge is -2.30. The van der Waals surface area contributed by atoms with E-state index in [0.29, 0.717) is 47.5 Å². The first kappa shape index (κ1) is 23.4. The van der Waals surface area contributed by atoms with Gasteiger partial charge in [-0.2, -0.15) is 0 Å². The number of amides is 2. The number of carbonyl (C=O) groups is 2. The van der Waals surface area contributed by atoms with E-state index in [-0.39, 0.29) is 25.0 Å². The minimum Gasteiger partial charge on any atom is -0.494 e. The van der Waals surface area contributed by atoms with Crippen LogP contribution in [0.1, 0.15) is 12.0 Å². The number of rotatable bonds is 9. The SMILES string of the molecule is Cc1ccc(OCC(=O)Nc2ccc3c(c2)N(CCCOc2ccc(Cl)cc2)C(=O)CO3)cc1. The minimum absolute atomic E-state index is 0.0266. The van der Waals surface area contributed by atoms with Crippen molar-refractivity contribution in [2.24, 2.45) is 0 Å². The topological polar surface area (TPSA) is 77.1 Å². The van der Waals surface area contributed by atoms with Crippen LogP contribution in [0.25, 0.3) is 0 Å². The molecule has 34 heavy (non-hydrogen) atoms. The molecule has 1 aliphatic heterocycles. The molecule has 2 amide bonds. The highest BCUT2D eigenvalue weighted by Gasteiger charge is 2.25. The second-order valence-electron chi connectivity index (χ2n) is 7.82. The van der Waals surface area contributed by atoms with Crippen LogP contribution < -0.4 is 24.4 Å². The third-order valence-electron chi connectivity index (χ3n) is 5.19. The van der Waals surface area contributed by atoms with E-state index < -0.39 is 0 Å². The summed E-state index contributed by atoms with van der Waals surface area (Å²) in [5, 5.41) is 3.46. The third kappa shape index (κ3) is 6.20. The number of aryl methyl sites for hydroxylation is 1. The highest BCUT2D eigenvalue weighted by atomic mass is 35.5. The van der Waals surface area contributed by atoms with Crippen LogP contribution in [0.2, 0.25) is 5.02 Å². The molecule has 176 valence electrons. The third-order valence-corrected chi connectivity index (χ3v) is 5.44. The summed E-state index contributed by atoms with van der Waals surface area (Å²) < 4.78 is 16.8. The molecule has 0 bridgehead atoms. The zero-order valence-corrected chi connectivity index (χ0v) is 19.5. The van der Waals surface area contributed by atoms with Gasteiger partial charge in [0.1, 0.15) is 17.2 Å². The number of nitrogens with one attached hydrogen (secondary N) is 1. The van der Waals surface area contributed by atoms with Crippen molar-refractivity contribution < 1.29 is 23.8 Å². The molecular weight excluding hydrogens is 456 g/mol. The van der Waals surface area contributed by atoms with Crippen LogP contribution in [0.3, 0.4) is 0 Å². The maximum Gasteiger partial charge on any atom is 0.265 e. The van der Waals surface area contributed by atoms with E-state index in [1.807, 2.05) is 31.2 Å². The summed E-state index contributed by atoms with van der Waals surface area (Å²) in [4.78, 5) is 26.5. The Kier molecular flexibility index (Phi) is 7.54. The molecule has 3 aromatic rings. The Morgan fingerprint density at radius 1 is 1.03 bits per heavy atom. The molecule has 7 nitrogen and oxygen atoms in total. The summed E-state index contributed by atoms with van der Waals surface area (Å²) in [6, 6.07) is 19.8. The Bertz CT molecular complexity index is 1150. The fraction of sp³-hybridized carbons (Fsp3) is 0.231. The van der Waals surface area contributed by atoms with Crippen LogP contribution in [-0.4, -0.2) is 38.2 Å². The van der Waals surface area contributed by atoms with Crippen molar-refractivity contribution in [1.29, 1.82) is 0 Å². The number of hydrogen-bond acceptors (Lipinski definition) is 5. The van der Waals surface area contributed by atoms with E-state index in [4.69, 9.17) is 25.8 Å². The van der Waals surface area contributed by atoms with Gasteiger partial charge in [-0.3, -0.25) is 9.59 Å². The molecule has 0 saturated carbocycles. The second-order valence-corrected chi connectivity index (χ2v) is 8.26. The van der Waals surface area contributed by atoms with Crippen LogP contribution in [0.15, 0.2) is 66.7 Å². The predicted octanol–water partition coefficient (Wildman–Crippen LogP) is 4.86. The van der Waals surface area contributed by atoms with Gasteiger partial charge in [0.15, 0.2) is 13.2 Å². The number of hydrogen-bond donors (Lipinski definition) is 1. The molecule has 4 rings (SSSR count). The van der Waals surface area contributed by atoms with Gasteiger partial charge in [-0.1, -0.05) is 29.3 Å². The number of ether oxygens (including phenoxy) is 3. The van der Waals surface area contributed by atoms with Crippen LogP contribution >= 0.6 is 11.6 Å². The first-order chi connectivity index (χ1) is 16.5. The van der Waals surface area contributed by atoms with E-state index in [2.05, 4.69) is 5.32 Å². The van der Waals surface area contributed by atoms with Crippen LogP contribution in [0.4, 0.5) is 11.4 Å². The summed E-state index contributed by atoms with van der Waals surface area (Å²) in [7, 11) is 0. The molecular formula is C26H25ClN2O5. The predicted molar refractivity (Wildman–Crippen MR) is 131 cm³/mol. The molecule has 3 aromatic carbocycles. The quantitative estimate of drug-likeness (QED) is 0.442. The average Bonchev–Trinajstić information content (AvgIpc) is 2.83. The zero-order chi connectivity index (χ0) is 23.9. The molecule has 0 aromatic heterocycles. The molecule has 1 aliphatic rings. The Morgan fingerprint density at radius 3 is 2.50 bits per heavy atom. The van der Waals surface area contributed by atoms with Crippen molar-refractivity contribution >= 4 is 34.8 Å². The van der Waals surface area contributed by atoms with Gasteiger partial charge in [-0.05, 0) is 67.9 Å². The molecule has 0 unspecified atom stereocenters. The minimum atomic E-state index is -0.300. The van der Waals surface area contributed by atoms with E-state index in [0.717, 1.165) is 11.3 Å². The summed E-state index contributed by atoms with van der Waals surface area (Å²) >= 11 is 5.89. The van der Waals surface area contributed by atoms with E-state index >= 15 is 0 Å². The molecule has 1 heterocycles. The summed E-state index contributed by atoms with van der Waals surface area (Å²) in [5.74, 6) is 1.48. The van der Waals surface area contributed by atoms with E-state index in [9.17, 15) is 9.59 Å². The monoisotopic (exact) mass is 480 g/mol. The smallest absolute Gasteiger partial charge is 0.265 e. The van der Waals surface area contributed by atoms with Crippen molar-refractivity contribution in [2.45, 2.75) is 13.3 Å². The number of fused-ring (bicyclic) bond motifs is 1. The summed E-state index contributed by atoms with van der Waals surface area (Å²) in [5.41, 5.74) is 2.28. The maximum atomic E-state index is 12.5. The van der Waals surface area contributed by atoms with Crippen LogP contribution in [0, 0.1) is 6.92 Å². The number of anilines is 2. The molecule has 8 heteroatoms. The standard InChI is InChI=1S/C26H25ClN2O5/c1-18-3-8-22(9-4-18)33-16-25(30)28-20-7-12-24-23(15-20)29(26(31)17-34-24)13-2-14-32-21-10-5-19(27)6-11-21/h3-12,15H,2,13-14,16-17H2,1H3,(H,28,30). The van der Waals surface area contributed by atoms with Gasteiger partial charge in [0.2, 0.25) is 0 Å². The van der Waals surface area contributed by atoms with Crippen molar-refractivity contribution in [3.8, 4) is 17.2 Å². The van der Waals surface area contributed by atoms with Gasteiger partial charge < -0.3 is 24.4 Å². The Balaban J connectivity index is 1.33. The molecule has 0 saturated heterocycles. The van der Waals surface area contributed by atoms with Crippen LogP contribution in [-0.2, 0) is 9.59 Å². The van der Waals surface area contributed by atoms with Gasteiger partial charge in [0, 0.05) is 17.3 Å². The molecule has 0 atom stereocenters. The van der Waals surface area contributed by atoms with Gasteiger partial charge in [0.25, 0.3) is 11.8 Å². The van der Waals surface area contributed by atoms with Crippen LogP contribution in [0.5, 0.6) is 17.2 Å². The molecule has 1 N–H and O–H groups in total. The zero-order valence-electron chi connectivity index (χ0n) is 18.8. The van der Waals surface area contributed by atoms with Gasteiger partial charge >= 0.3 is 0 Å². The summed E-state index contributed by atoms with van der Waals surface area (Å²) in [6.07, 6.45) is 0.620. The van der Waals surface area contributed by atoms with E-state index in [1.165, 1.54) is 0 Å². The fourth-order valence-electron chi connectivity index (χ4n) is 3.45. The lowest BCUT2D eigenvalue weighted by molar-refractivity contribution is -0.121. The first-order valence-electron chi connectivity index (χ1n) is 10.9. The highest BCUT2D eigenvalue weighted by molar-refractivity contribution is 6.30.